The number of carbonyl (C=O) groups is 1. The summed E-state index contributed by atoms with van der Waals surface area (Å²) >= 11 is 6.35. The number of halogens is 1. The molecule has 6 heteroatoms. The van der Waals surface area contributed by atoms with E-state index in [0.717, 1.165) is 30.0 Å². The predicted molar refractivity (Wildman–Crippen MR) is 119 cm³/mol. The number of hydrogen-bond acceptors (Lipinski definition) is 4. The first-order valence-corrected chi connectivity index (χ1v) is 10.2. The number of anilines is 2. The van der Waals surface area contributed by atoms with Crippen LogP contribution in [0.25, 0.3) is 6.08 Å². The van der Waals surface area contributed by atoms with E-state index in [4.69, 9.17) is 21.1 Å². The highest BCUT2D eigenvalue weighted by Gasteiger charge is 2.16. The van der Waals surface area contributed by atoms with Gasteiger partial charge in [-0.25, -0.2) is 0 Å². The molecule has 5 nitrogen and oxygen atoms in total. The first kappa shape index (κ1) is 21.1. The lowest BCUT2D eigenvalue weighted by Crippen LogP contribution is -2.20. The minimum Gasteiger partial charge on any atom is -0.493 e. The van der Waals surface area contributed by atoms with Crippen LogP contribution in [-0.2, 0) is 4.79 Å². The number of para-hydroxylation sites is 2. The number of amides is 1. The first-order chi connectivity index (χ1) is 14.0. The molecule has 1 aliphatic rings. The second kappa shape index (κ2) is 9.70. The van der Waals surface area contributed by atoms with Crippen LogP contribution in [0.5, 0.6) is 11.5 Å². The average Bonchev–Trinajstić information content (AvgIpc) is 3.23. The molecule has 0 unspecified atom stereocenters. The van der Waals surface area contributed by atoms with Gasteiger partial charge in [0.2, 0.25) is 5.91 Å². The van der Waals surface area contributed by atoms with Crippen LogP contribution in [0.4, 0.5) is 11.4 Å². The van der Waals surface area contributed by atoms with E-state index in [1.54, 1.807) is 25.3 Å². The lowest BCUT2D eigenvalue weighted by Gasteiger charge is -2.21. The van der Waals surface area contributed by atoms with Crippen LogP contribution in [0.3, 0.4) is 0 Å². The van der Waals surface area contributed by atoms with E-state index < -0.39 is 0 Å². The Labute approximate surface area is 177 Å². The number of carbonyl (C=O) groups excluding carboxylic acids is 1. The van der Waals surface area contributed by atoms with Crippen LogP contribution >= 0.6 is 11.6 Å². The molecule has 0 bridgehead atoms. The molecule has 1 aliphatic heterocycles. The van der Waals surface area contributed by atoms with Crippen LogP contribution in [0.2, 0.25) is 5.02 Å². The Bertz CT molecular complexity index is 890. The van der Waals surface area contributed by atoms with Gasteiger partial charge in [-0.05, 0) is 62.6 Å². The molecule has 2 aromatic carbocycles. The van der Waals surface area contributed by atoms with Gasteiger partial charge in [-0.3, -0.25) is 4.79 Å². The third-order valence-electron chi connectivity index (χ3n) is 4.64. The maximum absolute atomic E-state index is 12.5. The highest BCUT2D eigenvalue weighted by atomic mass is 35.5. The number of rotatable bonds is 7. The number of benzene rings is 2. The normalized spacial score (nSPS) is 13.9. The molecule has 2 aromatic rings. The van der Waals surface area contributed by atoms with Gasteiger partial charge in [0.05, 0.1) is 29.6 Å². The summed E-state index contributed by atoms with van der Waals surface area (Å²) in [5.41, 5.74) is 2.64. The van der Waals surface area contributed by atoms with Crippen LogP contribution in [0, 0.1) is 0 Å². The zero-order chi connectivity index (χ0) is 20.8. The van der Waals surface area contributed by atoms with Gasteiger partial charge in [-0.15, -0.1) is 0 Å². The minimum absolute atomic E-state index is 0.0238. The van der Waals surface area contributed by atoms with Gasteiger partial charge in [0.25, 0.3) is 0 Å². The Kier molecular flexibility index (Phi) is 7.04. The number of ether oxygens (including phenoxy) is 2. The lowest BCUT2D eigenvalue weighted by atomic mass is 10.1. The van der Waals surface area contributed by atoms with Crippen molar-refractivity contribution < 1.29 is 14.3 Å². The monoisotopic (exact) mass is 414 g/mol. The van der Waals surface area contributed by atoms with Crippen LogP contribution in [0.15, 0.2) is 42.5 Å². The number of methoxy groups -OCH3 is 1. The average molecular weight is 415 g/mol. The minimum atomic E-state index is -0.200. The highest BCUT2D eigenvalue weighted by Crippen LogP contribution is 2.37. The molecule has 0 aliphatic carbocycles. The molecule has 0 atom stereocenters. The fourth-order valence-corrected chi connectivity index (χ4v) is 3.61. The van der Waals surface area contributed by atoms with Gasteiger partial charge in [-0.2, -0.15) is 0 Å². The summed E-state index contributed by atoms with van der Waals surface area (Å²) in [5.74, 6) is 0.838. The van der Waals surface area contributed by atoms with Gasteiger partial charge >= 0.3 is 0 Å². The largest absolute Gasteiger partial charge is 0.493 e. The van der Waals surface area contributed by atoms with Crippen molar-refractivity contribution in [2.24, 2.45) is 0 Å². The molecule has 0 spiro atoms. The van der Waals surface area contributed by atoms with Crippen LogP contribution < -0.4 is 19.7 Å². The lowest BCUT2D eigenvalue weighted by molar-refractivity contribution is -0.111. The van der Waals surface area contributed by atoms with E-state index in [9.17, 15) is 4.79 Å². The van der Waals surface area contributed by atoms with Crippen LogP contribution in [0.1, 0.15) is 32.3 Å². The molecule has 0 aromatic heterocycles. The van der Waals surface area contributed by atoms with Crippen LogP contribution in [-0.4, -0.2) is 32.2 Å². The molecule has 1 fully saturated rings. The van der Waals surface area contributed by atoms with E-state index in [0.29, 0.717) is 16.5 Å². The van der Waals surface area contributed by atoms with Gasteiger partial charge in [-0.1, -0.05) is 23.7 Å². The Morgan fingerprint density at radius 2 is 1.93 bits per heavy atom. The fourth-order valence-electron chi connectivity index (χ4n) is 3.35. The van der Waals surface area contributed by atoms with E-state index in [1.165, 1.54) is 18.9 Å². The van der Waals surface area contributed by atoms with Gasteiger partial charge in [0, 0.05) is 19.2 Å². The molecular formula is C23H27ClN2O3. The number of hydrogen-bond donors (Lipinski definition) is 1. The SMILES string of the molecule is COc1cc(/C=C/C(=O)Nc2ccccc2N2CCCC2)cc(Cl)c1OC(C)C. The first-order valence-electron chi connectivity index (χ1n) is 9.85. The molecule has 1 amide bonds. The summed E-state index contributed by atoms with van der Waals surface area (Å²) in [4.78, 5) is 14.8. The Morgan fingerprint density at radius 1 is 1.21 bits per heavy atom. The molecular weight excluding hydrogens is 388 g/mol. The van der Waals surface area contributed by atoms with Crippen molar-refractivity contribution in [2.75, 3.05) is 30.4 Å². The summed E-state index contributed by atoms with van der Waals surface area (Å²) < 4.78 is 11.1. The zero-order valence-electron chi connectivity index (χ0n) is 17.1. The predicted octanol–water partition coefficient (Wildman–Crippen LogP) is 5.39. The van der Waals surface area contributed by atoms with E-state index in [-0.39, 0.29) is 12.0 Å². The van der Waals surface area contributed by atoms with E-state index in [2.05, 4.69) is 10.2 Å². The second-order valence-electron chi connectivity index (χ2n) is 7.23. The summed E-state index contributed by atoms with van der Waals surface area (Å²) in [5, 5.41) is 3.42. The molecule has 0 saturated carbocycles. The topological polar surface area (TPSA) is 50.8 Å². The molecule has 1 saturated heterocycles. The van der Waals surface area contributed by atoms with Crippen molar-refractivity contribution in [3.8, 4) is 11.5 Å². The smallest absolute Gasteiger partial charge is 0.248 e. The summed E-state index contributed by atoms with van der Waals surface area (Å²) in [6.07, 6.45) is 5.54. The van der Waals surface area contributed by atoms with Gasteiger partial charge in [0.1, 0.15) is 0 Å². The van der Waals surface area contributed by atoms with Crippen molar-refractivity contribution in [1.29, 1.82) is 0 Å². The molecule has 1 N–H and O–H groups in total. The molecule has 0 radical (unpaired) electrons. The standard InChI is InChI=1S/C23H27ClN2O3/c1-16(2)29-23-18(24)14-17(15-21(23)28-3)10-11-22(27)25-19-8-4-5-9-20(19)26-12-6-7-13-26/h4-5,8-11,14-16H,6-7,12-13H2,1-3H3,(H,25,27)/b11-10+. The third kappa shape index (κ3) is 5.45. The molecule has 1 heterocycles. The van der Waals surface area contributed by atoms with Gasteiger partial charge in [0.15, 0.2) is 11.5 Å². The van der Waals surface area contributed by atoms with E-state index >= 15 is 0 Å². The number of nitrogens with zero attached hydrogens (tertiary/aromatic N) is 1. The Balaban J connectivity index is 1.74. The zero-order valence-corrected chi connectivity index (χ0v) is 17.8. The maximum atomic E-state index is 12.5. The Hall–Kier alpha value is -2.66. The van der Waals surface area contributed by atoms with Crippen molar-refractivity contribution in [1.82, 2.24) is 0 Å². The second-order valence-corrected chi connectivity index (χ2v) is 7.64. The van der Waals surface area contributed by atoms with Crippen molar-refractivity contribution in [2.45, 2.75) is 32.8 Å². The van der Waals surface area contributed by atoms with E-state index in [1.807, 2.05) is 38.1 Å². The molecule has 29 heavy (non-hydrogen) atoms. The molecule has 3 rings (SSSR count). The summed E-state index contributed by atoms with van der Waals surface area (Å²) in [6, 6.07) is 11.4. The van der Waals surface area contributed by atoms with Gasteiger partial charge < -0.3 is 19.7 Å². The summed E-state index contributed by atoms with van der Waals surface area (Å²) in [6.45, 7) is 5.89. The fraction of sp³-hybridized carbons (Fsp3) is 0.348. The quantitative estimate of drug-likeness (QED) is 0.617. The highest BCUT2D eigenvalue weighted by molar-refractivity contribution is 6.32. The molecule has 154 valence electrons. The third-order valence-corrected chi connectivity index (χ3v) is 4.92. The Morgan fingerprint density at radius 3 is 2.62 bits per heavy atom. The van der Waals surface area contributed by atoms with Crippen molar-refractivity contribution >= 4 is 35.0 Å². The van der Waals surface area contributed by atoms with Crippen molar-refractivity contribution in [3.05, 3.63) is 53.1 Å². The maximum Gasteiger partial charge on any atom is 0.248 e. The van der Waals surface area contributed by atoms with Crippen molar-refractivity contribution in [3.63, 3.8) is 0 Å². The number of nitrogens with one attached hydrogen (secondary N) is 1. The summed E-state index contributed by atoms with van der Waals surface area (Å²) in [7, 11) is 1.56.